The third-order valence-electron chi connectivity index (χ3n) is 6.70. The zero-order valence-corrected chi connectivity index (χ0v) is 24.5. The molecule has 1 amide bonds. The molecule has 7 nitrogen and oxygen atoms in total. The van der Waals surface area contributed by atoms with Gasteiger partial charge in [0.25, 0.3) is 5.91 Å². The summed E-state index contributed by atoms with van der Waals surface area (Å²) in [4.78, 5) is 21.4. The Morgan fingerprint density at radius 2 is 1.73 bits per heavy atom. The summed E-state index contributed by atoms with van der Waals surface area (Å²) < 4.78 is 56.5. The van der Waals surface area contributed by atoms with E-state index in [-0.39, 0.29) is 33.5 Å². The Kier molecular flexibility index (Phi) is 9.21. The third kappa shape index (κ3) is 6.18. The van der Waals surface area contributed by atoms with Gasteiger partial charge in [-0.15, -0.1) is 12.4 Å². The zero-order chi connectivity index (χ0) is 27.7. The van der Waals surface area contributed by atoms with Crippen molar-refractivity contribution in [1.82, 2.24) is 14.2 Å². The Balaban J connectivity index is 0.00000370. The Morgan fingerprint density at radius 3 is 2.42 bits per heavy atom. The van der Waals surface area contributed by atoms with Gasteiger partial charge in [-0.1, -0.05) is 35.6 Å². The van der Waals surface area contributed by atoms with Crippen LogP contribution < -0.4 is 4.90 Å². The minimum absolute atomic E-state index is 0. The van der Waals surface area contributed by atoms with E-state index in [2.05, 4.69) is 4.98 Å². The molecule has 2 heterocycles. The van der Waals surface area contributed by atoms with Crippen LogP contribution in [0, 0.1) is 11.6 Å². The minimum Gasteiger partial charge on any atom is -0.309 e. The van der Waals surface area contributed by atoms with Crippen LogP contribution in [0.4, 0.5) is 13.9 Å². The summed E-state index contributed by atoms with van der Waals surface area (Å²) >= 11 is 1.03. The summed E-state index contributed by atoms with van der Waals surface area (Å²) in [5.41, 5.74) is 2.41. The highest BCUT2D eigenvalue weighted by atomic mass is 35.5. The largest absolute Gasteiger partial charge is 0.309 e. The van der Waals surface area contributed by atoms with E-state index >= 15 is 0 Å². The summed E-state index contributed by atoms with van der Waals surface area (Å²) in [6.07, 6.45) is 1.26. The normalized spacial score (nSPS) is 13.7. The number of hydrogen-bond acceptors (Lipinski definition) is 6. The molecule has 1 aliphatic heterocycles. The first-order valence-electron chi connectivity index (χ1n) is 12.5. The van der Waals surface area contributed by atoms with Crippen LogP contribution in [-0.2, 0) is 23.0 Å². The van der Waals surface area contributed by atoms with Gasteiger partial charge in [0.1, 0.15) is 11.3 Å². The van der Waals surface area contributed by atoms with Gasteiger partial charge in [-0.05, 0) is 74.9 Å². The van der Waals surface area contributed by atoms with Crippen molar-refractivity contribution >= 4 is 55.0 Å². The van der Waals surface area contributed by atoms with Crippen molar-refractivity contribution in [2.45, 2.75) is 24.3 Å². The lowest BCUT2D eigenvalue weighted by atomic mass is 10.0. The maximum absolute atomic E-state index is 14.3. The first kappa shape index (κ1) is 30.0. The molecule has 5 rings (SSSR count). The summed E-state index contributed by atoms with van der Waals surface area (Å²) in [5.74, 6) is -1.90. The van der Waals surface area contributed by atoms with Crippen LogP contribution >= 0.6 is 23.7 Å². The van der Waals surface area contributed by atoms with Crippen LogP contribution in [0.1, 0.15) is 27.9 Å². The molecule has 1 aliphatic rings. The van der Waals surface area contributed by atoms with Gasteiger partial charge in [0, 0.05) is 31.3 Å². The molecular formula is C28H29ClF2N4O3S2. The fourth-order valence-corrected chi connectivity index (χ4v) is 7.09. The van der Waals surface area contributed by atoms with Crippen molar-refractivity contribution in [3.63, 3.8) is 0 Å². The summed E-state index contributed by atoms with van der Waals surface area (Å²) in [6.45, 7) is 1.68. The van der Waals surface area contributed by atoms with Crippen LogP contribution in [-0.4, -0.2) is 62.2 Å². The quantitative estimate of drug-likeness (QED) is 0.271. The lowest BCUT2D eigenvalue weighted by Crippen LogP contribution is -2.36. The Hall–Kier alpha value is -2.96. The Bertz CT molecular complexity index is 1630. The highest BCUT2D eigenvalue weighted by Crippen LogP contribution is 2.32. The van der Waals surface area contributed by atoms with Gasteiger partial charge in [-0.2, -0.15) is 4.31 Å². The maximum atomic E-state index is 14.3. The molecule has 1 aromatic heterocycles. The van der Waals surface area contributed by atoms with Crippen LogP contribution in [0.5, 0.6) is 0 Å². The number of hydrogen-bond donors (Lipinski definition) is 0. The van der Waals surface area contributed by atoms with E-state index < -0.39 is 27.6 Å². The van der Waals surface area contributed by atoms with Crippen LogP contribution in [0.25, 0.3) is 10.2 Å². The summed E-state index contributed by atoms with van der Waals surface area (Å²) in [7, 11) is 0.0834. The van der Waals surface area contributed by atoms with Crippen molar-refractivity contribution in [2.24, 2.45) is 0 Å². The molecule has 0 unspecified atom stereocenters. The van der Waals surface area contributed by atoms with Crippen molar-refractivity contribution in [3.8, 4) is 0 Å². The number of aromatic nitrogens is 1. The second kappa shape index (κ2) is 12.3. The Morgan fingerprint density at radius 1 is 1.02 bits per heavy atom. The van der Waals surface area contributed by atoms with Gasteiger partial charge >= 0.3 is 0 Å². The number of carbonyl (C=O) groups excluding carboxylic acids is 1. The second-order valence-electron chi connectivity index (χ2n) is 9.73. The highest BCUT2D eigenvalue weighted by Gasteiger charge is 2.29. The van der Waals surface area contributed by atoms with Crippen LogP contribution in [0.2, 0.25) is 0 Å². The van der Waals surface area contributed by atoms with E-state index in [4.69, 9.17) is 0 Å². The van der Waals surface area contributed by atoms with E-state index in [1.165, 1.54) is 39.5 Å². The monoisotopic (exact) mass is 606 g/mol. The lowest BCUT2D eigenvalue weighted by Gasteiger charge is -2.28. The molecule has 0 saturated carbocycles. The van der Waals surface area contributed by atoms with Gasteiger partial charge in [0.15, 0.2) is 10.9 Å². The van der Waals surface area contributed by atoms with E-state index in [9.17, 15) is 22.0 Å². The third-order valence-corrected chi connectivity index (χ3v) is 9.58. The summed E-state index contributed by atoms with van der Waals surface area (Å²) in [5, 5.41) is 0.252. The van der Waals surface area contributed by atoms with Crippen LogP contribution in [0.3, 0.4) is 0 Å². The molecule has 0 fully saturated rings. The topological polar surface area (TPSA) is 73.8 Å². The highest BCUT2D eigenvalue weighted by molar-refractivity contribution is 7.89. The molecule has 40 heavy (non-hydrogen) atoms. The molecule has 12 heteroatoms. The van der Waals surface area contributed by atoms with Crippen molar-refractivity contribution in [3.05, 3.63) is 89.0 Å². The zero-order valence-electron chi connectivity index (χ0n) is 22.0. The number of nitrogens with zero attached hydrogens (tertiary/aromatic N) is 4. The number of fused-ring (bicyclic) bond motifs is 2. The number of carbonyl (C=O) groups is 1. The van der Waals surface area contributed by atoms with Gasteiger partial charge < -0.3 is 4.90 Å². The van der Waals surface area contributed by atoms with Crippen molar-refractivity contribution < 1.29 is 22.0 Å². The molecule has 212 valence electrons. The SMILES string of the molecule is CN(C)CCCN(C(=O)c1ccc(S(=O)(=O)N2CCc3ccccc3C2)cc1)c1nc2c(F)cc(F)cc2s1.Cl. The number of amides is 1. The minimum atomic E-state index is -3.75. The van der Waals surface area contributed by atoms with E-state index in [1.54, 1.807) is 0 Å². The molecule has 0 atom stereocenters. The van der Waals surface area contributed by atoms with Gasteiger partial charge in [-0.3, -0.25) is 9.69 Å². The standard InChI is InChI=1S/C28H28F2N4O3S2.ClH/c1-32(2)13-5-14-34(28-31-26-24(30)16-22(29)17-25(26)38-28)27(35)20-8-10-23(11-9-20)39(36,37)33-15-12-19-6-3-4-7-21(19)18-33;/h3-4,6-11,16-17H,5,12-15,18H2,1-2H3;1H. The molecule has 0 saturated heterocycles. The predicted octanol–water partition coefficient (Wildman–Crippen LogP) is 5.34. The van der Waals surface area contributed by atoms with Crippen LogP contribution in [0.15, 0.2) is 65.6 Å². The first-order chi connectivity index (χ1) is 18.6. The lowest BCUT2D eigenvalue weighted by molar-refractivity contribution is 0.0986. The fourth-order valence-electron chi connectivity index (χ4n) is 4.64. The molecule has 0 spiro atoms. The Labute approximate surface area is 242 Å². The van der Waals surface area contributed by atoms with E-state index in [1.807, 2.05) is 43.3 Å². The van der Waals surface area contributed by atoms with E-state index in [0.29, 0.717) is 43.7 Å². The van der Waals surface area contributed by atoms with Gasteiger partial charge in [0.05, 0.1) is 9.60 Å². The van der Waals surface area contributed by atoms with Gasteiger partial charge in [0.2, 0.25) is 10.0 Å². The second-order valence-corrected chi connectivity index (χ2v) is 12.7. The fraction of sp³-hybridized carbons (Fsp3) is 0.286. The average Bonchev–Trinajstić information content (AvgIpc) is 3.34. The van der Waals surface area contributed by atoms with Gasteiger partial charge in [-0.25, -0.2) is 22.2 Å². The smallest absolute Gasteiger partial charge is 0.260 e. The molecule has 4 aromatic rings. The number of sulfonamides is 1. The molecule has 0 aliphatic carbocycles. The molecule has 0 bridgehead atoms. The number of benzene rings is 3. The molecule has 3 aromatic carbocycles. The predicted molar refractivity (Wildman–Crippen MR) is 156 cm³/mol. The first-order valence-corrected chi connectivity index (χ1v) is 14.8. The average molecular weight is 607 g/mol. The summed E-state index contributed by atoms with van der Waals surface area (Å²) in [6, 6.07) is 15.6. The van der Waals surface area contributed by atoms with Crippen molar-refractivity contribution in [1.29, 1.82) is 0 Å². The van der Waals surface area contributed by atoms with E-state index in [0.717, 1.165) is 28.5 Å². The maximum Gasteiger partial charge on any atom is 0.260 e. The molecule has 0 N–H and O–H groups in total. The number of rotatable bonds is 8. The van der Waals surface area contributed by atoms with Crippen molar-refractivity contribution in [2.75, 3.05) is 38.6 Å². The molecular weight excluding hydrogens is 578 g/mol. The number of anilines is 1. The molecule has 0 radical (unpaired) electrons. The number of halogens is 3. The number of thiazole rings is 1.